The highest BCUT2D eigenvalue weighted by atomic mass is 16.2. The molecule has 0 bridgehead atoms. The second-order valence-corrected chi connectivity index (χ2v) is 6.06. The fourth-order valence-corrected chi connectivity index (χ4v) is 2.45. The Morgan fingerprint density at radius 2 is 1.95 bits per heavy atom. The first-order chi connectivity index (χ1) is 9.91. The molecule has 0 spiro atoms. The minimum atomic E-state index is -0.708. The highest BCUT2D eigenvalue weighted by Gasteiger charge is 2.33. The Morgan fingerprint density at radius 3 is 2.62 bits per heavy atom. The zero-order valence-electron chi connectivity index (χ0n) is 12.6. The van der Waals surface area contributed by atoms with Gasteiger partial charge in [-0.05, 0) is 50.8 Å². The predicted molar refractivity (Wildman–Crippen MR) is 82.7 cm³/mol. The number of carbonyl (C=O) groups is 2. The molecule has 2 amide bonds. The van der Waals surface area contributed by atoms with E-state index in [1.54, 1.807) is 12.1 Å². The molecule has 5 nitrogen and oxygen atoms in total. The predicted octanol–water partition coefficient (Wildman–Crippen LogP) is 1.33. The van der Waals surface area contributed by atoms with Crippen LogP contribution in [0.25, 0.3) is 0 Å². The molecule has 0 radical (unpaired) electrons. The van der Waals surface area contributed by atoms with Gasteiger partial charge < -0.3 is 16.4 Å². The van der Waals surface area contributed by atoms with E-state index in [-0.39, 0.29) is 11.8 Å². The Morgan fingerprint density at radius 1 is 1.29 bits per heavy atom. The summed E-state index contributed by atoms with van der Waals surface area (Å²) in [5.41, 5.74) is 6.51. The lowest BCUT2D eigenvalue weighted by Crippen LogP contribution is -2.50. The standard InChI is InChI=1S/C16H23N3O2/c1-16(2,11-6-8-12(17)9-7-11)15(21)19-13-5-3-4-10-18-14(13)20/h6-9,13H,3-5,10,17H2,1-2H3,(H,18,20)(H,19,21). The lowest BCUT2D eigenvalue weighted by atomic mass is 9.83. The van der Waals surface area contributed by atoms with Gasteiger partial charge in [-0.3, -0.25) is 9.59 Å². The molecule has 1 aromatic rings. The molecule has 4 N–H and O–H groups in total. The third-order valence-electron chi connectivity index (χ3n) is 4.04. The molecule has 1 atom stereocenters. The van der Waals surface area contributed by atoms with Gasteiger partial charge in [0.15, 0.2) is 0 Å². The smallest absolute Gasteiger partial charge is 0.242 e. The van der Waals surface area contributed by atoms with Gasteiger partial charge in [0.05, 0.1) is 5.41 Å². The van der Waals surface area contributed by atoms with Crippen molar-refractivity contribution in [2.24, 2.45) is 0 Å². The van der Waals surface area contributed by atoms with E-state index < -0.39 is 11.5 Å². The Labute approximate surface area is 125 Å². The SMILES string of the molecule is CC(C)(C(=O)NC1CCCCNC1=O)c1ccc(N)cc1. The Bertz CT molecular complexity index is 523. The molecule has 1 aliphatic heterocycles. The van der Waals surface area contributed by atoms with Crippen molar-refractivity contribution in [1.29, 1.82) is 0 Å². The van der Waals surface area contributed by atoms with Gasteiger partial charge >= 0.3 is 0 Å². The van der Waals surface area contributed by atoms with Gasteiger partial charge in [-0.2, -0.15) is 0 Å². The quantitative estimate of drug-likeness (QED) is 0.734. The number of rotatable bonds is 3. The van der Waals surface area contributed by atoms with E-state index in [2.05, 4.69) is 10.6 Å². The topological polar surface area (TPSA) is 84.2 Å². The maximum absolute atomic E-state index is 12.6. The second kappa shape index (κ2) is 6.16. The third-order valence-corrected chi connectivity index (χ3v) is 4.04. The first-order valence-electron chi connectivity index (χ1n) is 7.36. The molecule has 1 heterocycles. The van der Waals surface area contributed by atoms with E-state index in [0.29, 0.717) is 18.7 Å². The van der Waals surface area contributed by atoms with Crippen LogP contribution in [-0.4, -0.2) is 24.4 Å². The zero-order chi connectivity index (χ0) is 15.5. The first kappa shape index (κ1) is 15.4. The zero-order valence-corrected chi connectivity index (χ0v) is 12.6. The number of hydrogen-bond donors (Lipinski definition) is 3. The molecular weight excluding hydrogens is 266 g/mol. The van der Waals surface area contributed by atoms with Crippen molar-refractivity contribution in [3.8, 4) is 0 Å². The Balaban J connectivity index is 2.10. The number of nitrogens with one attached hydrogen (secondary N) is 2. The maximum atomic E-state index is 12.6. The molecule has 1 unspecified atom stereocenters. The van der Waals surface area contributed by atoms with Crippen molar-refractivity contribution < 1.29 is 9.59 Å². The van der Waals surface area contributed by atoms with Crippen LogP contribution in [0.2, 0.25) is 0 Å². The average Bonchev–Trinajstić information content (AvgIpc) is 2.64. The van der Waals surface area contributed by atoms with E-state index in [1.165, 1.54) is 0 Å². The first-order valence-corrected chi connectivity index (χ1v) is 7.36. The van der Waals surface area contributed by atoms with Crippen LogP contribution in [0.1, 0.15) is 38.7 Å². The van der Waals surface area contributed by atoms with Gasteiger partial charge in [0.2, 0.25) is 11.8 Å². The molecule has 1 aliphatic rings. The monoisotopic (exact) mass is 289 g/mol. The summed E-state index contributed by atoms with van der Waals surface area (Å²) in [7, 11) is 0. The highest BCUT2D eigenvalue weighted by Crippen LogP contribution is 2.24. The van der Waals surface area contributed by atoms with Crippen LogP contribution in [0.5, 0.6) is 0 Å². The summed E-state index contributed by atoms with van der Waals surface area (Å²) in [5, 5.41) is 5.71. The van der Waals surface area contributed by atoms with Crippen LogP contribution < -0.4 is 16.4 Å². The third kappa shape index (κ3) is 3.54. The minimum Gasteiger partial charge on any atom is -0.399 e. The van der Waals surface area contributed by atoms with E-state index in [0.717, 1.165) is 18.4 Å². The molecule has 1 saturated heterocycles. The number of benzene rings is 1. The van der Waals surface area contributed by atoms with E-state index in [4.69, 9.17) is 5.73 Å². The van der Waals surface area contributed by atoms with Crippen LogP contribution in [0.15, 0.2) is 24.3 Å². The highest BCUT2D eigenvalue weighted by molar-refractivity contribution is 5.92. The van der Waals surface area contributed by atoms with E-state index in [1.807, 2.05) is 26.0 Å². The van der Waals surface area contributed by atoms with Gasteiger partial charge in [0, 0.05) is 12.2 Å². The van der Waals surface area contributed by atoms with E-state index in [9.17, 15) is 9.59 Å². The van der Waals surface area contributed by atoms with Gasteiger partial charge in [-0.1, -0.05) is 12.1 Å². The lowest BCUT2D eigenvalue weighted by Gasteiger charge is -2.27. The van der Waals surface area contributed by atoms with Crippen molar-refractivity contribution in [2.75, 3.05) is 12.3 Å². The molecule has 0 aromatic heterocycles. The minimum absolute atomic E-state index is 0.0889. The fraction of sp³-hybridized carbons (Fsp3) is 0.500. The molecule has 0 aliphatic carbocycles. The van der Waals surface area contributed by atoms with Crippen molar-refractivity contribution in [3.05, 3.63) is 29.8 Å². The normalized spacial score (nSPS) is 19.5. The van der Waals surface area contributed by atoms with Crippen molar-refractivity contribution >= 4 is 17.5 Å². The van der Waals surface area contributed by atoms with Crippen LogP contribution in [0.3, 0.4) is 0 Å². The number of carbonyl (C=O) groups excluding carboxylic acids is 2. The summed E-state index contributed by atoms with van der Waals surface area (Å²) in [6, 6.07) is 6.82. The van der Waals surface area contributed by atoms with Crippen LogP contribution in [0, 0.1) is 0 Å². The number of nitrogen functional groups attached to an aromatic ring is 1. The summed E-state index contributed by atoms with van der Waals surface area (Å²) in [4.78, 5) is 24.5. The molecule has 1 fully saturated rings. The fourth-order valence-electron chi connectivity index (χ4n) is 2.45. The van der Waals surface area contributed by atoms with Crippen LogP contribution in [0.4, 0.5) is 5.69 Å². The molecule has 2 rings (SSSR count). The maximum Gasteiger partial charge on any atom is 0.242 e. The van der Waals surface area contributed by atoms with Crippen molar-refractivity contribution in [3.63, 3.8) is 0 Å². The molecule has 1 aromatic carbocycles. The molecule has 21 heavy (non-hydrogen) atoms. The summed E-state index contributed by atoms with van der Waals surface area (Å²) in [5.74, 6) is -0.233. The number of nitrogens with two attached hydrogens (primary N) is 1. The molecular formula is C16H23N3O2. The van der Waals surface area contributed by atoms with Crippen molar-refractivity contribution in [1.82, 2.24) is 10.6 Å². The largest absolute Gasteiger partial charge is 0.399 e. The second-order valence-electron chi connectivity index (χ2n) is 6.06. The van der Waals surface area contributed by atoms with Gasteiger partial charge in [-0.25, -0.2) is 0 Å². The number of hydrogen-bond acceptors (Lipinski definition) is 3. The average molecular weight is 289 g/mol. The lowest BCUT2D eigenvalue weighted by molar-refractivity contribution is -0.131. The van der Waals surface area contributed by atoms with Crippen molar-refractivity contribution in [2.45, 2.75) is 44.6 Å². The Kier molecular flexibility index (Phi) is 4.50. The molecule has 114 valence electrons. The van der Waals surface area contributed by atoms with Gasteiger partial charge in [0.25, 0.3) is 0 Å². The number of amides is 2. The van der Waals surface area contributed by atoms with E-state index >= 15 is 0 Å². The Hall–Kier alpha value is -2.04. The summed E-state index contributed by atoms with van der Waals surface area (Å²) in [6.45, 7) is 4.39. The van der Waals surface area contributed by atoms with Gasteiger partial charge in [-0.15, -0.1) is 0 Å². The summed E-state index contributed by atoms with van der Waals surface area (Å²) in [6.07, 6.45) is 2.58. The molecule has 0 saturated carbocycles. The van der Waals surface area contributed by atoms with Gasteiger partial charge in [0.1, 0.15) is 6.04 Å². The van der Waals surface area contributed by atoms with Crippen LogP contribution in [-0.2, 0) is 15.0 Å². The summed E-state index contributed by atoms with van der Waals surface area (Å²) >= 11 is 0. The molecule has 5 heteroatoms. The number of anilines is 1. The van der Waals surface area contributed by atoms with Crippen LogP contribution >= 0.6 is 0 Å². The summed E-state index contributed by atoms with van der Waals surface area (Å²) < 4.78 is 0.